The molecule has 2 aromatic carbocycles. The topological polar surface area (TPSA) is 49.6 Å². The van der Waals surface area contributed by atoms with Crippen molar-refractivity contribution in [1.29, 1.82) is 0 Å². The molecule has 0 radical (unpaired) electrons. The normalized spacial score (nSPS) is 15.5. The van der Waals surface area contributed by atoms with E-state index in [9.17, 15) is 10.1 Å². The number of halogens is 2. The molecule has 0 N–H and O–H groups in total. The summed E-state index contributed by atoms with van der Waals surface area (Å²) >= 11 is 11.9. The molecule has 3 rings (SSSR count). The van der Waals surface area contributed by atoms with E-state index in [0.29, 0.717) is 17.1 Å². The first-order valence-corrected chi connectivity index (χ1v) is 8.44. The van der Waals surface area contributed by atoms with Gasteiger partial charge in [0.1, 0.15) is 0 Å². The van der Waals surface area contributed by atoms with Crippen molar-refractivity contribution in [3.63, 3.8) is 0 Å². The summed E-state index contributed by atoms with van der Waals surface area (Å²) in [5.74, 6) is 0. The maximum Gasteiger partial charge on any atom is 0.273 e. The molecule has 1 saturated heterocycles. The van der Waals surface area contributed by atoms with Gasteiger partial charge in [-0.15, -0.1) is 0 Å². The average Bonchev–Trinajstić information content (AvgIpc) is 2.56. The van der Waals surface area contributed by atoms with Crippen molar-refractivity contribution in [1.82, 2.24) is 4.90 Å². The largest absolute Gasteiger partial charge is 0.369 e. The molecule has 0 aliphatic carbocycles. The lowest BCUT2D eigenvalue weighted by molar-refractivity contribution is -0.385. The van der Waals surface area contributed by atoms with E-state index in [-0.39, 0.29) is 10.6 Å². The third-order valence-electron chi connectivity index (χ3n) is 4.20. The van der Waals surface area contributed by atoms with Crippen LogP contribution in [0.3, 0.4) is 0 Å². The molecule has 7 heteroatoms. The number of nitrogens with zero attached hydrogens (tertiary/aromatic N) is 3. The second-order valence-corrected chi connectivity index (χ2v) is 6.64. The molecular weight excluding hydrogens is 349 g/mol. The minimum Gasteiger partial charge on any atom is -0.369 e. The number of hydrogen-bond acceptors (Lipinski definition) is 4. The van der Waals surface area contributed by atoms with Crippen molar-refractivity contribution < 1.29 is 4.92 Å². The number of nitro groups is 1. The van der Waals surface area contributed by atoms with Gasteiger partial charge in [-0.2, -0.15) is 0 Å². The smallest absolute Gasteiger partial charge is 0.273 e. The highest BCUT2D eigenvalue weighted by molar-refractivity contribution is 6.31. The first-order valence-electron chi connectivity index (χ1n) is 7.68. The minimum atomic E-state index is -0.352. The molecule has 1 heterocycles. The van der Waals surface area contributed by atoms with Crippen LogP contribution in [0.25, 0.3) is 0 Å². The van der Waals surface area contributed by atoms with Crippen molar-refractivity contribution in [2.24, 2.45) is 0 Å². The van der Waals surface area contributed by atoms with Crippen LogP contribution < -0.4 is 4.90 Å². The Morgan fingerprint density at radius 3 is 2.21 bits per heavy atom. The van der Waals surface area contributed by atoms with Crippen molar-refractivity contribution >= 4 is 34.6 Å². The van der Waals surface area contributed by atoms with Crippen molar-refractivity contribution in [3.8, 4) is 0 Å². The highest BCUT2D eigenvalue weighted by atomic mass is 35.5. The van der Waals surface area contributed by atoms with Gasteiger partial charge in [0.2, 0.25) is 0 Å². The Labute approximate surface area is 150 Å². The van der Waals surface area contributed by atoms with Crippen LogP contribution in [0.1, 0.15) is 5.56 Å². The maximum absolute atomic E-state index is 11.2. The molecule has 1 fully saturated rings. The monoisotopic (exact) mass is 365 g/mol. The lowest BCUT2D eigenvalue weighted by Gasteiger charge is -2.36. The first-order chi connectivity index (χ1) is 11.5. The Bertz CT molecular complexity index is 729. The van der Waals surface area contributed by atoms with Crippen molar-refractivity contribution in [2.45, 2.75) is 6.54 Å². The van der Waals surface area contributed by atoms with E-state index < -0.39 is 0 Å². The lowest BCUT2D eigenvalue weighted by Crippen LogP contribution is -2.46. The summed E-state index contributed by atoms with van der Waals surface area (Å²) in [6.45, 7) is 3.95. The van der Waals surface area contributed by atoms with Gasteiger partial charge in [0, 0.05) is 60.1 Å². The number of benzene rings is 2. The fraction of sp³-hybridized carbons (Fsp3) is 0.294. The van der Waals surface area contributed by atoms with E-state index in [1.165, 1.54) is 6.07 Å². The van der Waals surface area contributed by atoms with Gasteiger partial charge < -0.3 is 4.90 Å². The van der Waals surface area contributed by atoms with E-state index in [2.05, 4.69) is 9.80 Å². The minimum absolute atomic E-state index is 0.125. The molecule has 0 unspecified atom stereocenters. The maximum atomic E-state index is 11.2. The molecule has 0 bridgehead atoms. The Morgan fingerprint density at radius 1 is 0.958 bits per heavy atom. The van der Waals surface area contributed by atoms with Crippen LogP contribution in [-0.2, 0) is 6.54 Å². The van der Waals surface area contributed by atoms with Crippen LogP contribution >= 0.6 is 23.2 Å². The molecule has 126 valence electrons. The van der Waals surface area contributed by atoms with E-state index in [1.807, 2.05) is 24.3 Å². The van der Waals surface area contributed by atoms with E-state index in [0.717, 1.165) is 36.9 Å². The Morgan fingerprint density at radius 2 is 1.58 bits per heavy atom. The van der Waals surface area contributed by atoms with Crippen LogP contribution in [-0.4, -0.2) is 36.0 Å². The number of rotatable bonds is 4. The number of nitro benzene ring substituents is 1. The highest BCUT2D eigenvalue weighted by Gasteiger charge is 2.21. The molecule has 2 aromatic rings. The molecule has 0 atom stereocenters. The van der Waals surface area contributed by atoms with Gasteiger partial charge in [-0.25, -0.2) is 0 Å². The summed E-state index contributed by atoms with van der Waals surface area (Å²) in [6, 6.07) is 12.5. The Hall–Kier alpha value is -1.82. The number of anilines is 1. The summed E-state index contributed by atoms with van der Waals surface area (Å²) in [5.41, 5.74) is 1.93. The lowest BCUT2D eigenvalue weighted by atomic mass is 10.1. The first kappa shape index (κ1) is 17.0. The van der Waals surface area contributed by atoms with Crippen molar-refractivity contribution in [3.05, 3.63) is 68.2 Å². The van der Waals surface area contributed by atoms with Crippen LogP contribution in [0.15, 0.2) is 42.5 Å². The van der Waals surface area contributed by atoms with E-state index in [1.54, 1.807) is 12.1 Å². The summed E-state index contributed by atoms with van der Waals surface area (Å²) in [6.07, 6.45) is 0. The molecule has 0 saturated carbocycles. The predicted molar refractivity (Wildman–Crippen MR) is 97.0 cm³/mol. The second-order valence-electron chi connectivity index (χ2n) is 5.77. The van der Waals surface area contributed by atoms with Gasteiger partial charge in [-0.3, -0.25) is 15.0 Å². The summed E-state index contributed by atoms with van der Waals surface area (Å²) in [4.78, 5) is 15.3. The summed E-state index contributed by atoms with van der Waals surface area (Å²) in [7, 11) is 0. The van der Waals surface area contributed by atoms with Crippen LogP contribution in [0.4, 0.5) is 11.4 Å². The van der Waals surface area contributed by atoms with E-state index >= 15 is 0 Å². The number of piperazine rings is 1. The molecule has 0 spiro atoms. The third-order valence-corrected chi connectivity index (χ3v) is 4.68. The summed E-state index contributed by atoms with van der Waals surface area (Å²) in [5, 5.41) is 12.4. The van der Waals surface area contributed by atoms with Gasteiger partial charge in [0.05, 0.1) is 4.92 Å². The van der Waals surface area contributed by atoms with Crippen LogP contribution in [0.5, 0.6) is 0 Å². The number of hydrogen-bond donors (Lipinski definition) is 0. The molecule has 1 aliphatic heterocycles. The van der Waals surface area contributed by atoms with Gasteiger partial charge in [0.15, 0.2) is 0 Å². The third kappa shape index (κ3) is 3.98. The average molecular weight is 366 g/mol. The van der Waals surface area contributed by atoms with Gasteiger partial charge in [-0.1, -0.05) is 23.2 Å². The van der Waals surface area contributed by atoms with Crippen LogP contribution in [0, 0.1) is 10.1 Å². The van der Waals surface area contributed by atoms with Crippen molar-refractivity contribution in [2.75, 3.05) is 31.1 Å². The van der Waals surface area contributed by atoms with E-state index in [4.69, 9.17) is 23.2 Å². The molecule has 0 amide bonds. The van der Waals surface area contributed by atoms with Gasteiger partial charge in [0.25, 0.3) is 5.69 Å². The summed E-state index contributed by atoms with van der Waals surface area (Å²) < 4.78 is 0. The fourth-order valence-electron chi connectivity index (χ4n) is 2.92. The zero-order chi connectivity index (χ0) is 17.1. The quantitative estimate of drug-likeness (QED) is 0.600. The SMILES string of the molecule is O=[N+]([O-])c1ccc(Cl)cc1CN1CCN(c2ccc(Cl)cc2)CC1. The molecule has 0 aromatic heterocycles. The zero-order valence-corrected chi connectivity index (χ0v) is 14.5. The molecule has 5 nitrogen and oxygen atoms in total. The van der Waals surface area contributed by atoms with Gasteiger partial charge in [-0.05, 0) is 36.4 Å². The Kier molecular flexibility index (Phi) is 5.23. The second kappa shape index (κ2) is 7.38. The molecule has 24 heavy (non-hydrogen) atoms. The standard InChI is InChI=1S/C17H17Cl2N3O2/c18-14-1-4-16(5-2-14)21-9-7-20(8-10-21)12-13-11-15(19)3-6-17(13)22(23)24/h1-6,11H,7-10,12H2. The Balaban J connectivity index is 1.64. The highest BCUT2D eigenvalue weighted by Crippen LogP contribution is 2.25. The van der Waals surface area contributed by atoms with Gasteiger partial charge >= 0.3 is 0 Å². The molecular formula is C17H17Cl2N3O2. The molecule has 1 aliphatic rings. The van der Waals surface area contributed by atoms with Crippen LogP contribution in [0.2, 0.25) is 10.0 Å². The fourth-order valence-corrected chi connectivity index (χ4v) is 3.24. The zero-order valence-electron chi connectivity index (χ0n) is 13.0. The predicted octanol–water partition coefficient (Wildman–Crippen LogP) is 4.22.